The van der Waals surface area contributed by atoms with E-state index in [1.807, 2.05) is 30.3 Å². The maximum absolute atomic E-state index is 11.7. The number of aliphatic hydroxyl groups excluding tert-OH is 1. The summed E-state index contributed by atoms with van der Waals surface area (Å²) in [6.07, 6.45) is 3.66. The van der Waals surface area contributed by atoms with Crippen LogP contribution in [-0.4, -0.2) is 51.6 Å². The summed E-state index contributed by atoms with van der Waals surface area (Å²) in [7, 11) is 0. The third-order valence-electron chi connectivity index (χ3n) is 5.22. The predicted octanol–water partition coefficient (Wildman–Crippen LogP) is 2.60. The lowest BCUT2D eigenvalue weighted by Crippen LogP contribution is -2.38. The van der Waals surface area contributed by atoms with E-state index in [0.717, 1.165) is 34.4 Å². The van der Waals surface area contributed by atoms with E-state index in [9.17, 15) is 9.90 Å². The molecule has 0 unspecified atom stereocenters. The summed E-state index contributed by atoms with van der Waals surface area (Å²) in [5.74, 6) is 0.637. The lowest BCUT2D eigenvalue weighted by atomic mass is 10.1. The molecule has 1 aliphatic rings. The maximum atomic E-state index is 11.7. The highest BCUT2D eigenvalue weighted by atomic mass is 32.1. The number of nitrogens with one attached hydrogen (secondary N) is 1. The van der Waals surface area contributed by atoms with Crippen molar-refractivity contribution in [2.75, 3.05) is 25.0 Å². The summed E-state index contributed by atoms with van der Waals surface area (Å²) in [5.41, 5.74) is 7.49. The number of piperidine rings is 1. The number of fused-ring (bicyclic) bond motifs is 1. The Morgan fingerprint density at radius 3 is 2.66 bits per heavy atom. The summed E-state index contributed by atoms with van der Waals surface area (Å²) >= 11 is 1.55. The van der Waals surface area contributed by atoms with Crippen molar-refractivity contribution in [3.05, 3.63) is 41.5 Å². The standard InChI is InChI=1S/C21H25N5O2S/c22-19(28)16(12-27)23-20-18-15(14-7-3-1-4-8-14)13-29-21(18)25-17(24-20)11-26-9-5-2-6-10-26/h1,3-4,7-8,13,16,27H,2,5-6,9-12H2,(H2,22,28)(H,23,24,25)/t16-/m0/s1. The molecule has 0 bridgehead atoms. The largest absolute Gasteiger partial charge is 0.394 e. The maximum Gasteiger partial charge on any atom is 0.242 e. The molecule has 1 aliphatic heterocycles. The predicted molar refractivity (Wildman–Crippen MR) is 116 cm³/mol. The molecule has 152 valence electrons. The van der Waals surface area contributed by atoms with Gasteiger partial charge in [-0.3, -0.25) is 9.69 Å². The Balaban J connectivity index is 1.77. The molecule has 4 rings (SSSR count). The number of nitrogens with zero attached hydrogens (tertiary/aromatic N) is 3. The van der Waals surface area contributed by atoms with Gasteiger partial charge in [0, 0.05) is 10.9 Å². The molecule has 0 saturated carbocycles. The molecule has 0 spiro atoms. The van der Waals surface area contributed by atoms with Crippen molar-refractivity contribution in [1.82, 2.24) is 14.9 Å². The fourth-order valence-electron chi connectivity index (χ4n) is 3.68. The fraction of sp³-hybridized carbons (Fsp3) is 0.381. The van der Waals surface area contributed by atoms with Gasteiger partial charge in [-0.1, -0.05) is 36.8 Å². The molecule has 29 heavy (non-hydrogen) atoms. The molecule has 4 N–H and O–H groups in total. The van der Waals surface area contributed by atoms with Gasteiger partial charge in [-0.05, 0) is 31.5 Å². The summed E-state index contributed by atoms with van der Waals surface area (Å²) in [5, 5.41) is 15.6. The van der Waals surface area contributed by atoms with Gasteiger partial charge >= 0.3 is 0 Å². The minimum absolute atomic E-state index is 0.396. The van der Waals surface area contributed by atoms with Crippen LogP contribution in [-0.2, 0) is 11.3 Å². The third kappa shape index (κ3) is 4.39. The van der Waals surface area contributed by atoms with Crippen molar-refractivity contribution in [2.24, 2.45) is 5.73 Å². The number of rotatable bonds is 7. The summed E-state index contributed by atoms with van der Waals surface area (Å²) in [6.45, 7) is 2.37. The minimum atomic E-state index is -0.903. The van der Waals surface area contributed by atoms with E-state index >= 15 is 0 Å². The van der Waals surface area contributed by atoms with Gasteiger partial charge in [-0.25, -0.2) is 9.97 Å². The van der Waals surface area contributed by atoms with Gasteiger partial charge in [0.05, 0.1) is 18.5 Å². The van der Waals surface area contributed by atoms with Crippen LogP contribution in [0.3, 0.4) is 0 Å². The highest BCUT2D eigenvalue weighted by Gasteiger charge is 2.21. The Bertz CT molecular complexity index is 985. The average Bonchev–Trinajstić information content (AvgIpc) is 3.17. The Morgan fingerprint density at radius 2 is 1.97 bits per heavy atom. The Morgan fingerprint density at radius 1 is 1.21 bits per heavy atom. The number of hydrogen-bond acceptors (Lipinski definition) is 7. The van der Waals surface area contributed by atoms with E-state index in [4.69, 9.17) is 15.7 Å². The highest BCUT2D eigenvalue weighted by molar-refractivity contribution is 7.17. The molecule has 1 aromatic carbocycles. The third-order valence-corrected chi connectivity index (χ3v) is 6.09. The number of aliphatic hydroxyl groups is 1. The molecule has 2 aromatic heterocycles. The van der Waals surface area contributed by atoms with Crippen molar-refractivity contribution in [1.29, 1.82) is 0 Å². The quantitative estimate of drug-likeness (QED) is 0.552. The van der Waals surface area contributed by atoms with E-state index in [1.165, 1.54) is 19.3 Å². The zero-order chi connectivity index (χ0) is 20.2. The number of anilines is 1. The van der Waals surface area contributed by atoms with Crippen LogP contribution in [0, 0.1) is 0 Å². The van der Waals surface area contributed by atoms with Gasteiger partial charge in [-0.2, -0.15) is 0 Å². The van der Waals surface area contributed by atoms with Gasteiger partial charge in [-0.15, -0.1) is 11.3 Å². The average molecular weight is 412 g/mol. The molecular formula is C21H25N5O2S. The first-order valence-corrected chi connectivity index (χ1v) is 10.8. The molecule has 1 fully saturated rings. The van der Waals surface area contributed by atoms with Crippen LogP contribution in [0.1, 0.15) is 25.1 Å². The van der Waals surface area contributed by atoms with Crippen LogP contribution in [0.4, 0.5) is 5.82 Å². The van der Waals surface area contributed by atoms with Crippen LogP contribution in [0.2, 0.25) is 0 Å². The Labute approximate surface area is 173 Å². The second-order valence-corrected chi connectivity index (χ2v) is 8.16. The van der Waals surface area contributed by atoms with Crippen molar-refractivity contribution in [2.45, 2.75) is 31.8 Å². The van der Waals surface area contributed by atoms with E-state index < -0.39 is 18.6 Å². The van der Waals surface area contributed by atoms with E-state index in [0.29, 0.717) is 18.2 Å². The molecule has 8 heteroatoms. The van der Waals surface area contributed by atoms with Gasteiger partial charge in [0.1, 0.15) is 22.5 Å². The first kappa shape index (κ1) is 19.8. The zero-order valence-corrected chi connectivity index (χ0v) is 17.0. The number of thiophene rings is 1. The number of likely N-dealkylation sites (tertiary alicyclic amines) is 1. The first-order valence-electron chi connectivity index (χ1n) is 9.88. The number of carbonyl (C=O) groups is 1. The minimum Gasteiger partial charge on any atom is -0.394 e. The SMILES string of the molecule is NC(=O)[C@H](CO)Nc1nc(CN2CCCCC2)nc2scc(-c3ccccc3)c12. The van der Waals surface area contributed by atoms with Crippen LogP contribution in [0.15, 0.2) is 35.7 Å². The zero-order valence-electron chi connectivity index (χ0n) is 16.2. The highest BCUT2D eigenvalue weighted by Crippen LogP contribution is 2.37. The summed E-state index contributed by atoms with van der Waals surface area (Å²) < 4.78 is 0. The van der Waals surface area contributed by atoms with Crippen LogP contribution >= 0.6 is 11.3 Å². The molecule has 1 amide bonds. The topological polar surface area (TPSA) is 104 Å². The molecule has 7 nitrogen and oxygen atoms in total. The Hall–Kier alpha value is -2.55. The van der Waals surface area contributed by atoms with Gasteiger partial charge < -0.3 is 16.2 Å². The summed E-state index contributed by atoms with van der Waals surface area (Å²) in [4.78, 5) is 24.5. The second kappa shape index (κ2) is 8.86. The molecule has 0 radical (unpaired) electrons. The number of aromatic nitrogens is 2. The van der Waals surface area contributed by atoms with Gasteiger partial charge in [0.2, 0.25) is 5.91 Å². The van der Waals surface area contributed by atoms with Gasteiger partial charge in [0.15, 0.2) is 0 Å². The number of benzene rings is 1. The molecule has 3 heterocycles. The molecular weight excluding hydrogens is 386 g/mol. The van der Waals surface area contributed by atoms with E-state index in [1.54, 1.807) is 11.3 Å². The fourth-order valence-corrected chi connectivity index (χ4v) is 4.65. The van der Waals surface area contributed by atoms with Crippen LogP contribution in [0.5, 0.6) is 0 Å². The number of hydrogen-bond donors (Lipinski definition) is 3. The molecule has 1 atom stereocenters. The second-order valence-electron chi connectivity index (χ2n) is 7.30. The number of carbonyl (C=O) groups excluding carboxylic acids is 1. The number of amides is 1. The Kier molecular flexibility index (Phi) is 6.03. The van der Waals surface area contributed by atoms with Crippen molar-refractivity contribution in [3.8, 4) is 11.1 Å². The van der Waals surface area contributed by atoms with Crippen molar-refractivity contribution >= 4 is 33.3 Å². The van der Waals surface area contributed by atoms with Crippen LogP contribution < -0.4 is 11.1 Å². The van der Waals surface area contributed by atoms with Crippen molar-refractivity contribution in [3.63, 3.8) is 0 Å². The van der Waals surface area contributed by atoms with Crippen LogP contribution in [0.25, 0.3) is 21.3 Å². The lowest BCUT2D eigenvalue weighted by molar-refractivity contribution is -0.119. The van der Waals surface area contributed by atoms with Gasteiger partial charge in [0.25, 0.3) is 0 Å². The van der Waals surface area contributed by atoms with Crippen molar-refractivity contribution < 1.29 is 9.90 Å². The number of nitrogens with two attached hydrogens (primary N) is 1. The number of primary amides is 1. The van der Waals surface area contributed by atoms with E-state index in [2.05, 4.69) is 15.6 Å². The normalized spacial score (nSPS) is 16.0. The monoisotopic (exact) mass is 411 g/mol. The smallest absolute Gasteiger partial charge is 0.242 e. The summed E-state index contributed by atoms with van der Waals surface area (Å²) in [6, 6.07) is 9.10. The van der Waals surface area contributed by atoms with E-state index in [-0.39, 0.29) is 0 Å². The molecule has 1 saturated heterocycles. The first-order chi connectivity index (χ1) is 14.2. The molecule has 3 aromatic rings. The molecule has 0 aliphatic carbocycles. The lowest BCUT2D eigenvalue weighted by Gasteiger charge is -2.25.